The van der Waals surface area contributed by atoms with E-state index in [9.17, 15) is 4.79 Å². The minimum absolute atomic E-state index is 0.309. The first-order chi connectivity index (χ1) is 11.3. The Morgan fingerprint density at radius 3 is 2.74 bits per heavy atom. The summed E-state index contributed by atoms with van der Waals surface area (Å²) in [5.74, 6) is 0.891. The summed E-state index contributed by atoms with van der Waals surface area (Å²) in [6, 6.07) is 14.9. The van der Waals surface area contributed by atoms with Crippen LogP contribution in [0.2, 0.25) is 0 Å². The van der Waals surface area contributed by atoms with Crippen LogP contribution in [0.1, 0.15) is 35.1 Å². The number of aryl methyl sites for hydroxylation is 1. The predicted octanol–water partition coefficient (Wildman–Crippen LogP) is 3.29. The van der Waals surface area contributed by atoms with Crippen molar-refractivity contribution in [1.29, 1.82) is 0 Å². The number of rotatable bonds is 2. The topological polar surface area (TPSA) is 29.5 Å². The molecule has 2 aromatic carbocycles. The van der Waals surface area contributed by atoms with Crippen molar-refractivity contribution in [1.82, 2.24) is 4.90 Å². The third kappa shape index (κ3) is 1.99. The van der Waals surface area contributed by atoms with Crippen molar-refractivity contribution in [3.05, 3.63) is 64.7 Å². The zero-order valence-electron chi connectivity index (χ0n) is 13.4. The van der Waals surface area contributed by atoms with Gasteiger partial charge in [-0.3, -0.25) is 4.79 Å². The van der Waals surface area contributed by atoms with Gasteiger partial charge in [-0.05, 0) is 60.1 Å². The molecule has 0 aromatic heterocycles. The highest BCUT2D eigenvalue weighted by Crippen LogP contribution is 2.48. The van der Waals surface area contributed by atoms with Gasteiger partial charge in [0.05, 0.1) is 12.6 Å². The number of fused-ring (bicyclic) bond motifs is 4. The average molecular weight is 307 g/mol. The zero-order valence-corrected chi connectivity index (χ0v) is 13.4. The molecular formula is C20H21NO2. The maximum Gasteiger partial charge on any atom is 0.210 e. The largest absolute Gasteiger partial charge is 0.497 e. The van der Waals surface area contributed by atoms with Gasteiger partial charge in [0, 0.05) is 6.54 Å². The van der Waals surface area contributed by atoms with E-state index in [4.69, 9.17) is 4.74 Å². The molecule has 2 aliphatic rings. The minimum atomic E-state index is -0.309. The van der Waals surface area contributed by atoms with Crippen molar-refractivity contribution in [3.8, 4) is 5.75 Å². The highest BCUT2D eigenvalue weighted by atomic mass is 16.5. The van der Waals surface area contributed by atoms with E-state index in [0.29, 0.717) is 0 Å². The molecule has 23 heavy (non-hydrogen) atoms. The molecule has 0 saturated heterocycles. The Kier molecular flexibility index (Phi) is 3.37. The average Bonchev–Trinajstić information content (AvgIpc) is 2.62. The fourth-order valence-corrected chi connectivity index (χ4v) is 4.43. The summed E-state index contributed by atoms with van der Waals surface area (Å²) in [6.45, 7) is 0.762. The second-order valence-corrected chi connectivity index (χ2v) is 6.44. The molecule has 0 bridgehead atoms. The van der Waals surface area contributed by atoms with Crippen molar-refractivity contribution in [2.45, 2.75) is 31.2 Å². The number of hydrogen-bond donors (Lipinski definition) is 0. The Balaban J connectivity index is 1.98. The molecule has 1 unspecified atom stereocenters. The number of benzene rings is 2. The van der Waals surface area contributed by atoms with Gasteiger partial charge in [-0.25, -0.2) is 0 Å². The molecule has 4 rings (SSSR count). The first-order valence-corrected chi connectivity index (χ1v) is 8.27. The molecule has 0 radical (unpaired) electrons. The van der Waals surface area contributed by atoms with Crippen LogP contribution in [0.15, 0.2) is 42.5 Å². The predicted molar refractivity (Wildman–Crippen MR) is 89.6 cm³/mol. The number of methoxy groups -OCH3 is 1. The molecule has 1 atom stereocenters. The van der Waals surface area contributed by atoms with Crippen LogP contribution in [0.4, 0.5) is 0 Å². The second kappa shape index (κ2) is 5.41. The molecule has 0 saturated carbocycles. The van der Waals surface area contributed by atoms with Crippen molar-refractivity contribution in [2.75, 3.05) is 13.7 Å². The molecule has 0 N–H and O–H groups in total. The van der Waals surface area contributed by atoms with Crippen molar-refractivity contribution in [2.24, 2.45) is 0 Å². The summed E-state index contributed by atoms with van der Waals surface area (Å²) in [5.41, 5.74) is 4.93. The summed E-state index contributed by atoms with van der Waals surface area (Å²) >= 11 is 0. The fourth-order valence-electron chi connectivity index (χ4n) is 4.43. The van der Waals surface area contributed by atoms with E-state index >= 15 is 0 Å². The third-order valence-electron chi connectivity index (χ3n) is 5.45. The third-order valence-corrected chi connectivity index (χ3v) is 5.45. The van der Waals surface area contributed by atoms with Crippen LogP contribution >= 0.6 is 0 Å². The van der Waals surface area contributed by atoms with Crippen LogP contribution in [0, 0.1) is 0 Å². The molecule has 1 aliphatic heterocycles. The normalized spacial score (nSPS) is 22.4. The van der Waals surface area contributed by atoms with E-state index in [0.717, 1.165) is 44.4 Å². The van der Waals surface area contributed by atoms with Crippen LogP contribution < -0.4 is 4.74 Å². The smallest absolute Gasteiger partial charge is 0.210 e. The van der Waals surface area contributed by atoms with Gasteiger partial charge in [-0.2, -0.15) is 0 Å². The number of ether oxygens (including phenoxy) is 1. The highest BCUT2D eigenvalue weighted by molar-refractivity contribution is 5.60. The van der Waals surface area contributed by atoms with Gasteiger partial charge in [0.15, 0.2) is 0 Å². The molecule has 1 spiro atoms. The molecule has 0 fully saturated rings. The fraction of sp³-hybridized carbons (Fsp3) is 0.350. The van der Waals surface area contributed by atoms with E-state index in [1.807, 2.05) is 11.0 Å². The van der Waals surface area contributed by atoms with E-state index in [2.05, 4.69) is 36.4 Å². The lowest BCUT2D eigenvalue weighted by Gasteiger charge is -2.50. The molecule has 1 aliphatic carbocycles. The first kappa shape index (κ1) is 14.3. The van der Waals surface area contributed by atoms with Crippen LogP contribution in [-0.2, 0) is 23.2 Å². The summed E-state index contributed by atoms with van der Waals surface area (Å²) in [4.78, 5) is 13.9. The van der Waals surface area contributed by atoms with Crippen LogP contribution in [0.3, 0.4) is 0 Å². The number of nitrogens with zero attached hydrogens (tertiary/aromatic N) is 1. The Morgan fingerprint density at radius 2 is 1.91 bits per heavy atom. The molecule has 2 aromatic rings. The van der Waals surface area contributed by atoms with Gasteiger partial charge in [0.25, 0.3) is 0 Å². The lowest BCUT2D eigenvalue weighted by Crippen LogP contribution is -2.52. The van der Waals surface area contributed by atoms with Gasteiger partial charge >= 0.3 is 0 Å². The van der Waals surface area contributed by atoms with Gasteiger partial charge in [0.1, 0.15) is 5.75 Å². The summed E-state index contributed by atoms with van der Waals surface area (Å²) < 4.78 is 5.40. The molecule has 118 valence electrons. The molecule has 1 heterocycles. The van der Waals surface area contributed by atoms with E-state index < -0.39 is 0 Å². The maximum absolute atomic E-state index is 11.9. The summed E-state index contributed by atoms with van der Waals surface area (Å²) in [7, 11) is 1.70. The Labute approximate surface area is 136 Å². The summed E-state index contributed by atoms with van der Waals surface area (Å²) in [5, 5.41) is 0. The van der Waals surface area contributed by atoms with Crippen LogP contribution in [0.5, 0.6) is 5.75 Å². The monoisotopic (exact) mass is 307 g/mol. The van der Waals surface area contributed by atoms with Gasteiger partial charge in [0.2, 0.25) is 6.41 Å². The number of carbonyl (C=O) groups is 1. The number of hydrogen-bond acceptors (Lipinski definition) is 2. The Hall–Kier alpha value is -2.29. The molecule has 1 amide bonds. The van der Waals surface area contributed by atoms with Crippen LogP contribution in [-0.4, -0.2) is 25.0 Å². The SMILES string of the molecule is COc1ccc2c(c1)CCN(C=O)C21CCCc2ccccc21. The van der Waals surface area contributed by atoms with Crippen LogP contribution in [0.25, 0.3) is 0 Å². The van der Waals surface area contributed by atoms with Crippen molar-refractivity contribution < 1.29 is 9.53 Å². The standard InChI is InChI=1S/C20H21NO2/c1-23-17-8-9-19-16(13-17)10-12-21(14-22)20(19)11-4-6-15-5-2-3-7-18(15)20/h2-3,5,7-9,13-14H,4,6,10-12H2,1H3. The van der Waals surface area contributed by atoms with E-state index in [1.165, 1.54) is 22.3 Å². The van der Waals surface area contributed by atoms with Gasteiger partial charge < -0.3 is 9.64 Å². The first-order valence-electron chi connectivity index (χ1n) is 8.27. The highest BCUT2D eigenvalue weighted by Gasteiger charge is 2.46. The molecule has 3 heteroatoms. The number of amides is 1. The van der Waals surface area contributed by atoms with Gasteiger partial charge in [-0.1, -0.05) is 30.3 Å². The molecule has 3 nitrogen and oxygen atoms in total. The Morgan fingerprint density at radius 1 is 1.09 bits per heavy atom. The minimum Gasteiger partial charge on any atom is -0.497 e. The quantitative estimate of drug-likeness (QED) is 0.797. The number of carbonyl (C=O) groups excluding carboxylic acids is 1. The molecular weight excluding hydrogens is 286 g/mol. The Bertz CT molecular complexity index is 755. The lowest BCUT2D eigenvalue weighted by molar-refractivity contribution is -0.124. The van der Waals surface area contributed by atoms with Crippen molar-refractivity contribution >= 4 is 6.41 Å². The summed E-state index contributed by atoms with van der Waals surface area (Å²) in [6.07, 6.45) is 5.11. The zero-order chi connectivity index (χ0) is 15.9. The maximum atomic E-state index is 11.9. The van der Waals surface area contributed by atoms with Gasteiger partial charge in [-0.15, -0.1) is 0 Å². The van der Waals surface area contributed by atoms with E-state index in [1.54, 1.807) is 7.11 Å². The second-order valence-electron chi connectivity index (χ2n) is 6.44. The lowest BCUT2D eigenvalue weighted by atomic mass is 9.68. The van der Waals surface area contributed by atoms with E-state index in [-0.39, 0.29) is 5.54 Å². The van der Waals surface area contributed by atoms with Crippen molar-refractivity contribution in [3.63, 3.8) is 0 Å².